The highest BCUT2D eigenvalue weighted by Crippen LogP contribution is 2.20. The van der Waals surface area contributed by atoms with Crippen LogP contribution >= 0.6 is 0 Å². The first-order valence-corrected chi connectivity index (χ1v) is 10.6. The van der Waals surface area contributed by atoms with Gasteiger partial charge in [-0.1, -0.05) is 32.0 Å². The minimum atomic E-state index is -0.180. The predicted molar refractivity (Wildman–Crippen MR) is 112 cm³/mol. The van der Waals surface area contributed by atoms with E-state index >= 15 is 0 Å². The number of likely N-dealkylation sites (tertiary alicyclic amines) is 2. The molecule has 0 radical (unpaired) electrons. The van der Waals surface area contributed by atoms with Gasteiger partial charge in [-0.25, -0.2) is 4.79 Å². The van der Waals surface area contributed by atoms with Gasteiger partial charge < -0.3 is 20.4 Å². The number of nitrogens with one attached hydrogen (secondary N) is 2. The van der Waals surface area contributed by atoms with E-state index in [1.807, 2.05) is 49.1 Å². The summed E-state index contributed by atoms with van der Waals surface area (Å²) >= 11 is 0. The van der Waals surface area contributed by atoms with E-state index in [2.05, 4.69) is 10.6 Å². The first kappa shape index (κ1) is 21.1. The maximum atomic E-state index is 12.8. The number of benzene rings is 1. The number of hydrogen-bond acceptors (Lipinski definition) is 3. The lowest BCUT2D eigenvalue weighted by Gasteiger charge is -2.36. The van der Waals surface area contributed by atoms with Gasteiger partial charge in [0.2, 0.25) is 11.8 Å². The van der Waals surface area contributed by atoms with E-state index in [0.29, 0.717) is 26.2 Å². The maximum Gasteiger partial charge on any atom is 0.321 e. The molecule has 7 heteroatoms. The Labute approximate surface area is 172 Å². The van der Waals surface area contributed by atoms with Gasteiger partial charge >= 0.3 is 6.03 Å². The Kier molecular flexibility index (Phi) is 7.12. The van der Waals surface area contributed by atoms with E-state index in [0.717, 1.165) is 31.4 Å². The fraction of sp³-hybridized carbons (Fsp3) is 0.591. The van der Waals surface area contributed by atoms with E-state index < -0.39 is 0 Å². The zero-order valence-corrected chi connectivity index (χ0v) is 17.4. The molecule has 0 bridgehead atoms. The predicted octanol–water partition coefficient (Wildman–Crippen LogP) is 2.69. The van der Waals surface area contributed by atoms with E-state index in [1.54, 1.807) is 4.90 Å². The molecule has 2 saturated heterocycles. The quantitative estimate of drug-likeness (QED) is 0.815. The average Bonchev–Trinajstić information content (AvgIpc) is 2.74. The Morgan fingerprint density at radius 2 is 1.66 bits per heavy atom. The third kappa shape index (κ3) is 5.71. The van der Waals surface area contributed by atoms with Crippen LogP contribution in [0.1, 0.15) is 39.5 Å². The van der Waals surface area contributed by atoms with E-state index in [4.69, 9.17) is 0 Å². The van der Waals surface area contributed by atoms with Crippen LogP contribution in [0.5, 0.6) is 0 Å². The summed E-state index contributed by atoms with van der Waals surface area (Å²) in [6.45, 7) is 6.32. The SMILES string of the molecule is CC(C)C(=O)N1CCC(NC(=O)C2CCCN(C(=O)Nc3ccccc3)C2)CC1. The third-order valence-corrected chi connectivity index (χ3v) is 5.75. The van der Waals surface area contributed by atoms with Gasteiger partial charge in [-0.2, -0.15) is 0 Å². The highest BCUT2D eigenvalue weighted by molar-refractivity contribution is 5.90. The van der Waals surface area contributed by atoms with Gasteiger partial charge in [-0.3, -0.25) is 9.59 Å². The maximum absolute atomic E-state index is 12.8. The van der Waals surface area contributed by atoms with Gasteiger partial charge in [0.05, 0.1) is 5.92 Å². The first-order chi connectivity index (χ1) is 13.9. The van der Waals surface area contributed by atoms with Crippen molar-refractivity contribution >= 4 is 23.5 Å². The average molecular weight is 401 g/mol. The summed E-state index contributed by atoms with van der Waals surface area (Å²) in [5.41, 5.74) is 0.756. The van der Waals surface area contributed by atoms with Crippen molar-refractivity contribution in [1.82, 2.24) is 15.1 Å². The largest absolute Gasteiger partial charge is 0.353 e. The van der Waals surface area contributed by atoms with Crippen molar-refractivity contribution in [1.29, 1.82) is 0 Å². The van der Waals surface area contributed by atoms with Gasteiger partial charge in [0, 0.05) is 43.8 Å². The van der Waals surface area contributed by atoms with Crippen molar-refractivity contribution in [3.8, 4) is 0 Å². The monoisotopic (exact) mass is 400 g/mol. The molecule has 4 amide bonds. The normalized spacial score (nSPS) is 20.4. The van der Waals surface area contributed by atoms with E-state index in [-0.39, 0.29) is 35.7 Å². The highest BCUT2D eigenvalue weighted by Gasteiger charge is 2.31. The molecular weight excluding hydrogens is 368 g/mol. The minimum absolute atomic E-state index is 0.0106. The molecule has 0 aromatic heterocycles. The molecular formula is C22H32N4O3. The number of nitrogens with zero attached hydrogens (tertiary/aromatic N) is 2. The topological polar surface area (TPSA) is 81.8 Å². The zero-order valence-electron chi connectivity index (χ0n) is 17.4. The molecule has 7 nitrogen and oxygen atoms in total. The molecule has 2 aliphatic rings. The lowest BCUT2D eigenvalue weighted by molar-refractivity contribution is -0.135. The zero-order chi connectivity index (χ0) is 20.8. The number of piperidine rings is 2. The second-order valence-corrected chi connectivity index (χ2v) is 8.34. The van der Waals surface area contributed by atoms with Crippen LogP contribution < -0.4 is 10.6 Å². The number of para-hydroxylation sites is 1. The number of urea groups is 1. The summed E-state index contributed by atoms with van der Waals surface area (Å²) in [4.78, 5) is 41.0. The fourth-order valence-electron chi connectivity index (χ4n) is 4.03. The lowest BCUT2D eigenvalue weighted by atomic mass is 9.96. The lowest BCUT2D eigenvalue weighted by Crippen LogP contribution is -2.51. The summed E-state index contributed by atoms with van der Waals surface area (Å²) in [6, 6.07) is 9.30. The Bertz CT molecular complexity index is 714. The molecule has 1 atom stereocenters. The summed E-state index contributed by atoms with van der Waals surface area (Å²) in [5, 5.41) is 6.05. The summed E-state index contributed by atoms with van der Waals surface area (Å²) in [5.74, 6) is 0.0370. The molecule has 3 rings (SSSR count). The molecule has 0 spiro atoms. The minimum Gasteiger partial charge on any atom is -0.353 e. The van der Waals surface area contributed by atoms with Gasteiger partial charge in [-0.05, 0) is 37.8 Å². The van der Waals surface area contributed by atoms with Crippen LogP contribution in [-0.4, -0.2) is 59.9 Å². The smallest absolute Gasteiger partial charge is 0.321 e. The number of anilines is 1. The van der Waals surface area contributed by atoms with Crippen LogP contribution in [0.25, 0.3) is 0 Å². The molecule has 1 aromatic rings. The van der Waals surface area contributed by atoms with Crippen molar-refractivity contribution in [3.63, 3.8) is 0 Å². The molecule has 1 aromatic carbocycles. The first-order valence-electron chi connectivity index (χ1n) is 10.6. The molecule has 0 saturated carbocycles. The van der Waals surface area contributed by atoms with Crippen molar-refractivity contribution in [2.45, 2.75) is 45.6 Å². The van der Waals surface area contributed by atoms with Crippen LogP contribution in [0.2, 0.25) is 0 Å². The molecule has 2 heterocycles. The molecule has 29 heavy (non-hydrogen) atoms. The van der Waals surface area contributed by atoms with Crippen LogP contribution in [0.3, 0.4) is 0 Å². The van der Waals surface area contributed by atoms with Crippen LogP contribution in [0, 0.1) is 11.8 Å². The molecule has 1 unspecified atom stereocenters. The third-order valence-electron chi connectivity index (χ3n) is 5.75. The number of amides is 4. The molecule has 2 N–H and O–H groups in total. The van der Waals surface area contributed by atoms with Gasteiger partial charge in [-0.15, -0.1) is 0 Å². The second kappa shape index (κ2) is 9.76. The van der Waals surface area contributed by atoms with Crippen molar-refractivity contribution in [2.75, 3.05) is 31.5 Å². The Hall–Kier alpha value is -2.57. The van der Waals surface area contributed by atoms with Gasteiger partial charge in [0.15, 0.2) is 0 Å². The van der Waals surface area contributed by atoms with Crippen molar-refractivity contribution in [3.05, 3.63) is 30.3 Å². The van der Waals surface area contributed by atoms with E-state index in [9.17, 15) is 14.4 Å². The van der Waals surface area contributed by atoms with Crippen molar-refractivity contribution < 1.29 is 14.4 Å². The number of carbonyl (C=O) groups is 3. The number of carbonyl (C=O) groups excluding carboxylic acids is 3. The molecule has 158 valence electrons. The van der Waals surface area contributed by atoms with Gasteiger partial charge in [0.1, 0.15) is 0 Å². The number of rotatable bonds is 4. The molecule has 2 fully saturated rings. The summed E-state index contributed by atoms with van der Waals surface area (Å²) in [6.07, 6.45) is 3.19. The van der Waals surface area contributed by atoms with Gasteiger partial charge in [0.25, 0.3) is 0 Å². The fourth-order valence-corrected chi connectivity index (χ4v) is 4.03. The second-order valence-electron chi connectivity index (χ2n) is 8.34. The summed E-state index contributed by atoms with van der Waals surface area (Å²) in [7, 11) is 0. The van der Waals surface area contributed by atoms with Crippen molar-refractivity contribution in [2.24, 2.45) is 11.8 Å². The highest BCUT2D eigenvalue weighted by atomic mass is 16.2. The molecule has 2 aliphatic heterocycles. The van der Waals surface area contributed by atoms with E-state index in [1.165, 1.54) is 0 Å². The summed E-state index contributed by atoms with van der Waals surface area (Å²) < 4.78 is 0. The molecule has 0 aliphatic carbocycles. The van der Waals surface area contributed by atoms with Crippen LogP contribution in [0.4, 0.5) is 10.5 Å². The number of hydrogen-bond donors (Lipinski definition) is 2. The Morgan fingerprint density at radius 1 is 0.966 bits per heavy atom. The van der Waals surface area contributed by atoms with Crippen LogP contribution in [0.15, 0.2) is 30.3 Å². The standard InChI is InChI=1S/C22H32N4O3/c1-16(2)21(28)25-13-10-19(11-14-25)23-20(27)17-7-6-12-26(15-17)22(29)24-18-8-4-3-5-9-18/h3-5,8-9,16-17,19H,6-7,10-15H2,1-2H3,(H,23,27)(H,24,29). The Balaban J connectivity index is 1.46. The van der Waals surface area contributed by atoms with Crippen LogP contribution in [-0.2, 0) is 9.59 Å². The Morgan fingerprint density at radius 3 is 2.31 bits per heavy atom.